The van der Waals surface area contributed by atoms with E-state index in [1.54, 1.807) is 19.2 Å². The van der Waals surface area contributed by atoms with Gasteiger partial charge in [0.15, 0.2) is 5.96 Å². The zero-order chi connectivity index (χ0) is 17.9. The predicted molar refractivity (Wildman–Crippen MR) is 118 cm³/mol. The number of aromatic hydroxyl groups is 1. The number of hydrogen-bond donors (Lipinski definition) is 3. The number of piperidine rings is 1. The third kappa shape index (κ3) is 8.55. The van der Waals surface area contributed by atoms with Gasteiger partial charge in [-0.25, -0.2) is 0 Å². The van der Waals surface area contributed by atoms with Gasteiger partial charge in [-0.3, -0.25) is 4.99 Å². The van der Waals surface area contributed by atoms with Crippen LogP contribution in [0.15, 0.2) is 29.3 Å². The van der Waals surface area contributed by atoms with E-state index in [-0.39, 0.29) is 24.0 Å². The number of rotatable bonds is 8. The maximum absolute atomic E-state index is 9.53. The second kappa shape index (κ2) is 13.2. The van der Waals surface area contributed by atoms with Crippen LogP contribution < -0.4 is 10.6 Å². The molecular weight excluding hydrogens is 443 g/mol. The Bertz CT molecular complexity index is 534. The maximum atomic E-state index is 9.53. The Balaban J connectivity index is 0.00000338. The molecule has 2 rings (SSSR count). The smallest absolute Gasteiger partial charge is 0.191 e. The number of guanidine groups is 1. The SMILES string of the molecule is CCNC(=NCCc1cccc(O)c1)NC1CCN(CCOC)CC1.I. The molecule has 0 spiro atoms. The van der Waals surface area contributed by atoms with Crippen LogP contribution in [0.5, 0.6) is 5.75 Å². The highest BCUT2D eigenvalue weighted by Gasteiger charge is 2.19. The molecule has 1 aromatic carbocycles. The standard InChI is InChI=1S/C19H32N4O2.HI/c1-3-20-19(21-10-7-16-5-4-6-18(24)15-16)22-17-8-11-23(12-9-17)13-14-25-2;/h4-6,15,17,24H,3,7-14H2,1-2H3,(H2,20,21,22);1H. The molecule has 148 valence electrons. The van der Waals surface area contributed by atoms with Crippen molar-refractivity contribution in [1.29, 1.82) is 0 Å². The molecule has 1 aliphatic heterocycles. The number of ether oxygens (including phenoxy) is 1. The molecule has 1 aromatic rings. The van der Waals surface area contributed by atoms with Crippen LogP contribution in [0.1, 0.15) is 25.3 Å². The fraction of sp³-hybridized carbons (Fsp3) is 0.632. The summed E-state index contributed by atoms with van der Waals surface area (Å²) in [7, 11) is 1.75. The first kappa shape index (κ1) is 23.0. The number of phenols is 1. The molecule has 0 saturated carbocycles. The molecule has 1 fully saturated rings. The first-order valence-corrected chi connectivity index (χ1v) is 9.25. The molecule has 0 amide bonds. The average molecular weight is 476 g/mol. The monoisotopic (exact) mass is 476 g/mol. The van der Waals surface area contributed by atoms with Crippen LogP contribution >= 0.6 is 24.0 Å². The second-order valence-electron chi connectivity index (χ2n) is 6.43. The lowest BCUT2D eigenvalue weighted by molar-refractivity contribution is 0.128. The quantitative estimate of drug-likeness (QED) is 0.305. The lowest BCUT2D eigenvalue weighted by Crippen LogP contribution is -2.49. The van der Waals surface area contributed by atoms with Gasteiger partial charge in [-0.2, -0.15) is 0 Å². The van der Waals surface area contributed by atoms with Crippen LogP contribution in [0, 0.1) is 0 Å². The van der Waals surface area contributed by atoms with Gasteiger partial charge in [0.25, 0.3) is 0 Å². The molecule has 0 aliphatic carbocycles. The first-order valence-electron chi connectivity index (χ1n) is 9.25. The van der Waals surface area contributed by atoms with Crippen LogP contribution in [0.2, 0.25) is 0 Å². The summed E-state index contributed by atoms with van der Waals surface area (Å²) in [5, 5.41) is 16.4. The molecule has 1 aliphatic rings. The van der Waals surface area contributed by atoms with Crippen LogP contribution in [0.4, 0.5) is 0 Å². The second-order valence-corrected chi connectivity index (χ2v) is 6.43. The molecule has 0 radical (unpaired) electrons. The summed E-state index contributed by atoms with van der Waals surface area (Å²) in [5.41, 5.74) is 1.10. The minimum atomic E-state index is 0. The molecule has 6 nitrogen and oxygen atoms in total. The normalized spacial score (nSPS) is 16.2. The van der Waals surface area contributed by atoms with Crippen LogP contribution in [-0.4, -0.2) is 68.4 Å². The van der Waals surface area contributed by atoms with Gasteiger partial charge in [0, 0.05) is 45.9 Å². The molecule has 26 heavy (non-hydrogen) atoms. The molecule has 1 heterocycles. The van der Waals surface area contributed by atoms with Gasteiger partial charge in [-0.15, -0.1) is 24.0 Å². The van der Waals surface area contributed by atoms with E-state index in [2.05, 4.69) is 27.4 Å². The highest BCUT2D eigenvalue weighted by atomic mass is 127. The first-order chi connectivity index (χ1) is 12.2. The van der Waals surface area contributed by atoms with Crippen molar-refractivity contribution in [1.82, 2.24) is 15.5 Å². The Labute approximate surface area is 174 Å². The van der Waals surface area contributed by atoms with E-state index < -0.39 is 0 Å². The fourth-order valence-corrected chi connectivity index (χ4v) is 3.04. The van der Waals surface area contributed by atoms with Crippen molar-refractivity contribution in [3.63, 3.8) is 0 Å². The Hall–Kier alpha value is -1.06. The Morgan fingerprint density at radius 2 is 2.12 bits per heavy atom. The van der Waals surface area contributed by atoms with Crippen molar-refractivity contribution in [3.05, 3.63) is 29.8 Å². The van der Waals surface area contributed by atoms with Gasteiger partial charge in [-0.05, 0) is 43.9 Å². The third-order valence-electron chi connectivity index (χ3n) is 4.47. The summed E-state index contributed by atoms with van der Waals surface area (Å²) in [6.45, 7) is 7.65. The number of aliphatic imine (C=N–C) groups is 1. The maximum Gasteiger partial charge on any atom is 0.191 e. The van der Waals surface area contributed by atoms with Crippen molar-refractivity contribution in [2.75, 3.05) is 46.4 Å². The summed E-state index contributed by atoms with van der Waals surface area (Å²) in [4.78, 5) is 7.13. The van der Waals surface area contributed by atoms with Crippen molar-refractivity contribution in [2.45, 2.75) is 32.2 Å². The van der Waals surface area contributed by atoms with Crippen molar-refractivity contribution in [3.8, 4) is 5.75 Å². The average Bonchev–Trinajstić information content (AvgIpc) is 2.61. The van der Waals surface area contributed by atoms with E-state index in [9.17, 15) is 5.11 Å². The number of halogens is 1. The molecular formula is C19H33IN4O2. The number of phenolic OH excluding ortho intramolecular Hbond substituents is 1. The van der Waals surface area contributed by atoms with Gasteiger partial charge in [0.1, 0.15) is 5.75 Å². The lowest BCUT2D eigenvalue weighted by Gasteiger charge is -2.32. The molecule has 0 atom stereocenters. The molecule has 0 bridgehead atoms. The summed E-state index contributed by atoms with van der Waals surface area (Å²) < 4.78 is 5.15. The van der Waals surface area contributed by atoms with E-state index in [0.717, 1.165) is 63.6 Å². The summed E-state index contributed by atoms with van der Waals surface area (Å²) in [6, 6.07) is 7.85. The van der Waals surface area contributed by atoms with E-state index >= 15 is 0 Å². The third-order valence-corrected chi connectivity index (χ3v) is 4.47. The highest BCUT2D eigenvalue weighted by Crippen LogP contribution is 2.12. The van der Waals surface area contributed by atoms with E-state index in [1.165, 1.54) is 0 Å². The largest absolute Gasteiger partial charge is 0.508 e. The van der Waals surface area contributed by atoms with Gasteiger partial charge in [0.05, 0.1) is 6.61 Å². The van der Waals surface area contributed by atoms with E-state index in [0.29, 0.717) is 18.3 Å². The highest BCUT2D eigenvalue weighted by molar-refractivity contribution is 14.0. The van der Waals surface area contributed by atoms with Crippen LogP contribution in [0.25, 0.3) is 0 Å². The predicted octanol–water partition coefficient (Wildman–Crippen LogP) is 2.22. The number of methoxy groups -OCH3 is 1. The Kier molecular flexibility index (Phi) is 11.6. The number of benzene rings is 1. The Morgan fingerprint density at radius 3 is 2.77 bits per heavy atom. The molecule has 3 N–H and O–H groups in total. The minimum absolute atomic E-state index is 0. The summed E-state index contributed by atoms with van der Waals surface area (Å²) >= 11 is 0. The van der Waals surface area contributed by atoms with Gasteiger partial charge in [0.2, 0.25) is 0 Å². The number of hydrogen-bond acceptors (Lipinski definition) is 4. The molecule has 1 saturated heterocycles. The number of likely N-dealkylation sites (tertiary alicyclic amines) is 1. The summed E-state index contributed by atoms with van der Waals surface area (Å²) in [5.74, 6) is 1.20. The molecule has 0 aromatic heterocycles. The zero-order valence-corrected chi connectivity index (χ0v) is 18.2. The topological polar surface area (TPSA) is 69.1 Å². The number of nitrogens with zero attached hydrogens (tertiary/aromatic N) is 2. The number of nitrogens with one attached hydrogen (secondary N) is 2. The van der Waals surface area contributed by atoms with Gasteiger partial charge >= 0.3 is 0 Å². The Morgan fingerprint density at radius 1 is 1.35 bits per heavy atom. The van der Waals surface area contributed by atoms with Crippen molar-refractivity contribution >= 4 is 29.9 Å². The minimum Gasteiger partial charge on any atom is -0.508 e. The zero-order valence-electron chi connectivity index (χ0n) is 15.9. The fourth-order valence-electron chi connectivity index (χ4n) is 3.04. The van der Waals surface area contributed by atoms with E-state index in [4.69, 9.17) is 4.74 Å². The molecule has 7 heteroatoms. The van der Waals surface area contributed by atoms with Crippen molar-refractivity contribution in [2.24, 2.45) is 4.99 Å². The van der Waals surface area contributed by atoms with Crippen molar-refractivity contribution < 1.29 is 9.84 Å². The van der Waals surface area contributed by atoms with Gasteiger partial charge < -0.3 is 25.4 Å². The lowest BCUT2D eigenvalue weighted by atomic mass is 10.1. The van der Waals surface area contributed by atoms with Crippen LogP contribution in [0.3, 0.4) is 0 Å². The summed E-state index contributed by atoms with van der Waals surface area (Å²) in [6.07, 6.45) is 3.07. The van der Waals surface area contributed by atoms with E-state index in [1.807, 2.05) is 12.1 Å². The van der Waals surface area contributed by atoms with Crippen LogP contribution in [-0.2, 0) is 11.2 Å². The van der Waals surface area contributed by atoms with Gasteiger partial charge in [-0.1, -0.05) is 12.1 Å². The molecule has 0 unspecified atom stereocenters.